The van der Waals surface area contributed by atoms with Crippen LogP contribution in [0.25, 0.3) is 0 Å². The molecule has 0 saturated heterocycles. The quantitative estimate of drug-likeness (QED) is 0.344. The van der Waals surface area contributed by atoms with Crippen molar-refractivity contribution in [3.63, 3.8) is 0 Å². The summed E-state index contributed by atoms with van der Waals surface area (Å²) in [7, 11) is 1.34. The first-order valence-electron chi connectivity index (χ1n) is 3.21. The van der Waals surface area contributed by atoms with E-state index in [0.29, 0.717) is 6.54 Å². The smallest absolute Gasteiger partial charge is 0.319 e. The number of alkyl halides is 2. The predicted octanol–water partition coefficient (Wildman–Crippen LogP) is 0.522. The highest BCUT2D eigenvalue weighted by Gasteiger charge is 2.13. The maximum absolute atomic E-state index is 11.5. The molecule has 1 atom stereocenters. The van der Waals surface area contributed by atoms with Crippen molar-refractivity contribution in [2.24, 2.45) is 0 Å². The molecule has 3 nitrogen and oxygen atoms in total. The number of carbonyl (C=O) groups is 1. The van der Waals surface area contributed by atoms with Crippen LogP contribution in [-0.2, 0) is 9.53 Å². The lowest BCUT2D eigenvalue weighted by Crippen LogP contribution is -2.30. The monoisotopic (exact) mass is 275 g/mol. The van der Waals surface area contributed by atoms with Gasteiger partial charge in [-0.2, -0.15) is 0 Å². The van der Waals surface area contributed by atoms with Crippen molar-refractivity contribution in [1.82, 2.24) is 5.32 Å². The van der Waals surface area contributed by atoms with Crippen LogP contribution in [0.2, 0.25) is 0 Å². The molecule has 0 aliphatic heterocycles. The van der Waals surface area contributed by atoms with Gasteiger partial charge in [-0.25, -0.2) is 4.39 Å². The maximum Gasteiger partial charge on any atom is 0.319 e. The molecule has 0 saturated carbocycles. The van der Waals surface area contributed by atoms with Crippen molar-refractivity contribution >= 4 is 28.6 Å². The van der Waals surface area contributed by atoms with E-state index < -0.39 is 6.67 Å². The molecule has 66 valence electrons. The lowest BCUT2D eigenvalue weighted by molar-refractivity contribution is -0.139. The van der Waals surface area contributed by atoms with Crippen LogP contribution in [-0.4, -0.2) is 36.8 Å². The molecule has 0 rings (SSSR count). The number of carbonyl (C=O) groups excluding carboxylic acids is 1. The maximum atomic E-state index is 11.5. The van der Waals surface area contributed by atoms with Gasteiger partial charge >= 0.3 is 5.97 Å². The van der Waals surface area contributed by atoms with Gasteiger partial charge in [-0.05, 0) is 0 Å². The highest BCUT2D eigenvalue weighted by molar-refractivity contribution is 14.1. The SMILES string of the molecule is COC(=O)C(I)CNCCF. The molecule has 11 heavy (non-hydrogen) atoms. The number of esters is 1. The second kappa shape index (κ2) is 6.78. The summed E-state index contributed by atoms with van der Waals surface area (Å²) in [5, 5.41) is 2.77. The van der Waals surface area contributed by atoms with Gasteiger partial charge in [0.05, 0.1) is 7.11 Å². The Balaban J connectivity index is 3.36. The van der Waals surface area contributed by atoms with Crippen LogP contribution < -0.4 is 5.32 Å². The highest BCUT2D eigenvalue weighted by atomic mass is 127. The van der Waals surface area contributed by atoms with Crippen LogP contribution in [0.4, 0.5) is 4.39 Å². The first-order valence-corrected chi connectivity index (χ1v) is 4.45. The largest absolute Gasteiger partial charge is 0.468 e. The summed E-state index contributed by atoms with van der Waals surface area (Å²) in [6.45, 7) is 0.332. The molecule has 0 radical (unpaired) electrons. The third-order valence-electron chi connectivity index (χ3n) is 1.05. The first kappa shape index (κ1) is 11.1. The standard InChI is InChI=1S/C6H11FINO2/c1-11-6(10)5(8)4-9-3-2-7/h5,9H,2-4H2,1H3. The van der Waals surface area contributed by atoms with Gasteiger partial charge in [-0.3, -0.25) is 4.79 Å². The highest BCUT2D eigenvalue weighted by Crippen LogP contribution is 2.00. The van der Waals surface area contributed by atoms with E-state index in [9.17, 15) is 9.18 Å². The average Bonchev–Trinajstić information content (AvgIpc) is 2.03. The van der Waals surface area contributed by atoms with Gasteiger partial charge in [0.25, 0.3) is 0 Å². The van der Waals surface area contributed by atoms with Crippen molar-refractivity contribution in [3.8, 4) is 0 Å². The number of methoxy groups -OCH3 is 1. The van der Waals surface area contributed by atoms with Gasteiger partial charge in [-0.15, -0.1) is 0 Å². The van der Waals surface area contributed by atoms with E-state index >= 15 is 0 Å². The van der Waals surface area contributed by atoms with E-state index in [1.54, 1.807) is 0 Å². The van der Waals surface area contributed by atoms with Gasteiger partial charge in [-0.1, -0.05) is 22.6 Å². The second-order valence-electron chi connectivity index (χ2n) is 1.88. The number of hydrogen-bond donors (Lipinski definition) is 1. The average molecular weight is 275 g/mol. The van der Waals surface area contributed by atoms with Crippen LogP contribution in [0, 0.1) is 0 Å². The minimum atomic E-state index is -0.412. The number of hydrogen-bond acceptors (Lipinski definition) is 3. The topological polar surface area (TPSA) is 38.3 Å². The molecular weight excluding hydrogens is 264 g/mol. The third kappa shape index (κ3) is 5.37. The molecule has 0 amide bonds. The fourth-order valence-electron chi connectivity index (χ4n) is 0.507. The Kier molecular flexibility index (Phi) is 6.83. The Morgan fingerprint density at radius 2 is 2.45 bits per heavy atom. The summed E-state index contributed by atoms with van der Waals surface area (Å²) in [4.78, 5) is 10.7. The van der Waals surface area contributed by atoms with Crippen molar-refractivity contribution in [1.29, 1.82) is 0 Å². The third-order valence-corrected chi connectivity index (χ3v) is 2.00. The zero-order valence-electron chi connectivity index (χ0n) is 6.27. The molecule has 0 aliphatic carbocycles. The molecule has 0 fully saturated rings. The molecule has 0 aliphatic rings. The van der Waals surface area contributed by atoms with E-state index in [0.717, 1.165) is 0 Å². The molecule has 1 unspecified atom stereocenters. The predicted molar refractivity (Wildman–Crippen MR) is 48.7 cm³/mol. The van der Waals surface area contributed by atoms with Crippen molar-refractivity contribution < 1.29 is 13.9 Å². The Bertz CT molecular complexity index is 123. The van der Waals surface area contributed by atoms with Gasteiger partial charge in [0.2, 0.25) is 0 Å². The van der Waals surface area contributed by atoms with Crippen molar-refractivity contribution in [3.05, 3.63) is 0 Å². The molecule has 1 N–H and O–H groups in total. The summed E-state index contributed by atoms with van der Waals surface area (Å²) >= 11 is 1.95. The van der Waals surface area contributed by atoms with Crippen molar-refractivity contribution in [2.75, 3.05) is 26.9 Å². The Hall–Kier alpha value is 0.0900. The van der Waals surface area contributed by atoms with E-state index in [1.165, 1.54) is 7.11 Å². The van der Waals surface area contributed by atoms with Gasteiger partial charge in [0.15, 0.2) is 0 Å². The minimum Gasteiger partial charge on any atom is -0.468 e. The molecule has 5 heteroatoms. The zero-order valence-corrected chi connectivity index (χ0v) is 8.43. The van der Waals surface area contributed by atoms with E-state index in [1.807, 2.05) is 22.6 Å². The molecule has 0 aromatic carbocycles. The molecule has 0 aromatic rings. The summed E-state index contributed by atoms with van der Waals surface area (Å²) in [6.07, 6.45) is 0. The summed E-state index contributed by atoms with van der Waals surface area (Å²) in [6, 6.07) is 0. The van der Waals surface area contributed by atoms with E-state index in [2.05, 4.69) is 10.1 Å². The lowest BCUT2D eigenvalue weighted by Gasteiger charge is -2.06. The van der Waals surface area contributed by atoms with Crippen LogP contribution >= 0.6 is 22.6 Å². The zero-order chi connectivity index (χ0) is 8.69. The molecule has 0 aromatic heterocycles. The Morgan fingerprint density at radius 3 is 2.91 bits per heavy atom. The van der Waals surface area contributed by atoms with Crippen LogP contribution in [0.15, 0.2) is 0 Å². The first-order chi connectivity index (χ1) is 5.22. The Labute approximate surface area is 78.8 Å². The lowest BCUT2D eigenvalue weighted by atomic mass is 10.4. The fraction of sp³-hybridized carbons (Fsp3) is 0.833. The van der Waals surface area contributed by atoms with Crippen molar-refractivity contribution in [2.45, 2.75) is 3.92 Å². The van der Waals surface area contributed by atoms with Gasteiger partial charge in [0, 0.05) is 13.1 Å². The van der Waals surface area contributed by atoms with Gasteiger partial charge < -0.3 is 10.1 Å². The summed E-state index contributed by atoms with van der Waals surface area (Å²) < 4.78 is 15.8. The molecule has 0 spiro atoms. The van der Waals surface area contributed by atoms with Crippen LogP contribution in [0.1, 0.15) is 0 Å². The molecular formula is C6H11FINO2. The number of rotatable bonds is 5. The number of ether oxygens (including phenoxy) is 1. The van der Waals surface area contributed by atoms with Crippen LogP contribution in [0.5, 0.6) is 0 Å². The normalized spacial score (nSPS) is 12.6. The fourth-order valence-corrected chi connectivity index (χ4v) is 1.07. The number of halogens is 2. The summed E-state index contributed by atoms with van der Waals surface area (Å²) in [5.74, 6) is -0.281. The summed E-state index contributed by atoms with van der Waals surface area (Å²) in [5.41, 5.74) is 0. The number of nitrogens with one attached hydrogen (secondary N) is 1. The van der Waals surface area contributed by atoms with Crippen LogP contribution in [0.3, 0.4) is 0 Å². The van der Waals surface area contributed by atoms with Gasteiger partial charge in [0.1, 0.15) is 10.6 Å². The van der Waals surface area contributed by atoms with E-state index in [4.69, 9.17) is 0 Å². The molecule has 0 heterocycles. The minimum absolute atomic E-state index is 0.232. The molecule has 0 bridgehead atoms. The second-order valence-corrected chi connectivity index (χ2v) is 3.39. The van der Waals surface area contributed by atoms with E-state index in [-0.39, 0.29) is 16.4 Å². The Morgan fingerprint density at radius 1 is 1.82 bits per heavy atom.